The van der Waals surface area contributed by atoms with Crippen LogP contribution in [0.5, 0.6) is 5.75 Å². The summed E-state index contributed by atoms with van der Waals surface area (Å²) < 4.78 is 55.0. The molecule has 0 unspecified atom stereocenters. The first-order valence-electron chi connectivity index (χ1n) is 5.93. The second-order valence-corrected chi connectivity index (χ2v) is 4.81. The van der Waals surface area contributed by atoms with Gasteiger partial charge in [0.25, 0.3) is 0 Å². The van der Waals surface area contributed by atoms with Gasteiger partial charge in [0.15, 0.2) is 6.61 Å². The number of hydrogen-bond acceptors (Lipinski definition) is 2. The van der Waals surface area contributed by atoms with Crippen molar-refractivity contribution in [2.24, 2.45) is 5.73 Å². The van der Waals surface area contributed by atoms with Crippen LogP contribution in [0.25, 0.3) is 10.8 Å². The monoisotopic (exact) mass is 317 g/mol. The first-order chi connectivity index (χ1) is 9.83. The minimum atomic E-state index is -4.21. The molecule has 0 atom stereocenters. The van der Waals surface area contributed by atoms with E-state index in [-0.39, 0.29) is 10.7 Å². The van der Waals surface area contributed by atoms with Gasteiger partial charge in [0, 0.05) is 10.9 Å². The largest absolute Gasteiger partial charge is 0.486 e. The van der Waals surface area contributed by atoms with Crippen molar-refractivity contribution in [2.75, 3.05) is 6.61 Å². The SMILES string of the molecule is NC(=S)c1ccc(OCC(F)(F)C(F)F)c2ccccc12. The van der Waals surface area contributed by atoms with E-state index in [1.54, 1.807) is 24.3 Å². The zero-order valence-corrected chi connectivity index (χ0v) is 11.5. The van der Waals surface area contributed by atoms with Crippen LogP contribution in [-0.4, -0.2) is 23.9 Å². The molecule has 0 saturated carbocycles. The van der Waals surface area contributed by atoms with E-state index in [2.05, 4.69) is 0 Å². The molecule has 112 valence electrons. The van der Waals surface area contributed by atoms with Crippen LogP contribution in [0.2, 0.25) is 0 Å². The van der Waals surface area contributed by atoms with Crippen molar-refractivity contribution < 1.29 is 22.3 Å². The lowest BCUT2D eigenvalue weighted by molar-refractivity contribution is -0.148. The fraction of sp³-hybridized carbons (Fsp3) is 0.214. The molecular formula is C14H11F4NOS. The molecule has 2 rings (SSSR count). The summed E-state index contributed by atoms with van der Waals surface area (Å²) in [6.07, 6.45) is -3.78. The number of rotatable bonds is 5. The van der Waals surface area contributed by atoms with E-state index in [0.717, 1.165) is 0 Å². The highest BCUT2D eigenvalue weighted by atomic mass is 32.1. The summed E-state index contributed by atoms with van der Waals surface area (Å²) >= 11 is 4.91. The molecule has 0 amide bonds. The highest BCUT2D eigenvalue weighted by molar-refractivity contribution is 7.80. The fourth-order valence-corrected chi connectivity index (χ4v) is 2.03. The molecule has 2 N–H and O–H groups in total. The molecule has 0 aromatic heterocycles. The fourth-order valence-electron chi connectivity index (χ4n) is 1.85. The molecule has 0 saturated heterocycles. The maximum absolute atomic E-state index is 12.9. The van der Waals surface area contributed by atoms with E-state index >= 15 is 0 Å². The van der Waals surface area contributed by atoms with E-state index < -0.39 is 19.0 Å². The molecular weight excluding hydrogens is 306 g/mol. The number of hydrogen-bond donors (Lipinski definition) is 1. The third-order valence-corrected chi connectivity index (χ3v) is 3.11. The lowest BCUT2D eigenvalue weighted by Gasteiger charge is -2.17. The van der Waals surface area contributed by atoms with Crippen molar-refractivity contribution >= 4 is 28.0 Å². The van der Waals surface area contributed by atoms with Gasteiger partial charge in [-0.3, -0.25) is 0 Å². The van der Waals surface area contributed by atoms with Crippen molar-refractivity contribution in [2.45, 2.75) is 12.3 Å². The lowest BCUT2D eigenvalue weighted by Crippen LogP contribution is -2.33. The van der Waals surface area contributed by atoms with Gasteiger partial charge in [0.05, 0.1) is 0 Å². The van der Waals surface area contributed by atoms with Gasteiger partial charge >= 0.3 is 12.3 Å². The Labute approximate surface area is 123 Å². The molecule has 0 heterocycles. The van der Waals surface area contributed by atoms with E-state index in [1.807, 2.05) is 0 Å². The number of fused-ring (bicyclic) bond motifs is 1. The standard InChI is InChI=1S/C14H11F4NOS/c15-13(16)14(17,18)7-20-11-6-5-10(12(19)21)8-3-1-2-4-9(8)11/h1-6,13H,7H2,(H2,19,21). The van der Waals surface area contributed by atoms with Crippen LogP contribution in [0.3, 0.4) is 0 Å². The summed E-state index contributed by atoms with van der Waals surface area (Å²) in [6.45, 7) is -1.40. The second kappa shape index (κ2) is 5.85. The molecule has 2 aromatic rings. The molecule has 2 nitrogen and oxygen atoms in total. The van der Waals surface area contributed by atoms with Crippen LogP contribution < -0.4 is 10.5 Å². The van der Waals surface area contributed by atoms with Gasteiger partial charge in [0.1, 0.15) is 10.7 Å². The van der Waals surface area contributed by atoms with Gasteiger partial charge < -0.3 is 10.5 Å². The van der Waals surface area contributed by atoms with Gasteiger partial charge in [-0.1, -0.05) is 36.5 Å². The molecule has 0 fully saturated rings. The number of nitrogens with two attached hydrogens (primary N) is 1. The Kier molecular flexibility index (Phi) is 4.32. The summed E-state index contributed by atoms with van der Waals surface area (Å²) in [5.74, 6) is -4.13. The molecule has 0 aliphatic carbocycles. The Morgan fingerprint density at radius 3 is 2.33 bits per heavy atom. The van der Waals surface area contributed by atoms with Crippen molar-refractivity contribution in [3.63, 3.8) is 0 Å². The predicted octanol–water partition coefficient (Wildman–Crippen LogP) is 3.75. The zero-order chi connectivity index (χ0) is 15.6. The normalized spacial score (nSPS) is 11.9. The van der Waals surface area contributed by atoms with Gasteiger partial charge in [-0.15, -0.1) is 0 Å². The molecule has 0 aliphatic heterocycles. The quantitative estimate of drug-likeness (QED) is 0.674. The van der Waals surface area contributed by atoms with Crippen molar-refractivity contribution in [1.29, 1.82) is 0 Å². The highest BCUT2D eigenvalue weighted by Gasteiger charge is 2.41. The van der Waals surface area contributed by atoms with Gasteiger partial charge in [0.2, 0.25) is 0 Å². The Bertz CT molecular complexity index is 675. The Hall–Kier alpha value is -1.89. The highest BCUT2D eigenvalue weighted by Crippen LogP contribution is 2.31. The van der Waals surface area contributed by atoms with Crippen LogP contribution >= 0.6 is 12.2 Å². The molecule has 7 heteroatoms. The predicted molar refractivity (Wildman–Crippen MR) is 76.3 cm³/mol. The molecule has 21 heavy (non-hydrogen) atoms. The van der Waals surface area contributed by atoms with Crippen LogP contribution in [-0.2, 0) is 0 Å². The Morgan fingerprint density at radius 2 is 1.76 bits per heavy atom. The second-order valence-electron chi connectivity index (χ2n) is 4.37. The smallest absolute Gasteiger partial charge is 0.340 e. The van der Waals surface area contributed by atoms with Crippen molar-refractivity contribution in [3.05, 3.63) is 42.0 Å². The maximum Gasteiger partial charge on any atom is 0.340 e. The van der Waals surface area contributed by atoms with Gasteiger partial charge in [-0.25, -0.2) is 8.78 Å². The first kappa shape index (κ1) is 15.5. The van der Waals surface area contributed by atoms with Gasteiger partial charge in [-0.2, -0.15) is 8.78 Å². The summed E-state index contributed by atoms with van der Waals surface area (Å²) in [5.41, 5.74) is 6.15. The topological polar surface area (TPSA) is 35.2 Å². The molecule has 0 radical (unpaired) electrons. The summed E-state index contributed by atoms with van der Waals surface area (Å²) in [7, 11) is 0. The number of halogens is 4. The average Bonchev–Trinajstić information content (AvgIpc) is 2.44. The first-order valence-corrected chi connectivity index (χ1v) is 6.34. The Morgan fingerprint density at radius 1 is 1.14 bits per heavy atom. The third-order valence-electron chi connectivity index (χ3n) is 2.89. The minimum Gasteiger partial charge on any atom is -0.486 e. The number of benzene rings is 2. The van der Waals surface area contributed by atoms with Crippen LogP contribution in [0.15, 0.2) is 36.4 Å². The summed E-state index contributed by atoms with van der Waals surface area (Å²) in [5, 5.41) is 1.09. The van der Waals surface area contributed by atoms with E-state index in [9.17, 15) is 17.6 Å². The van der Waals surface area contributed by atoms with Crippen LogP contribution in [0.4, 0.5) is 17.6 Å². The average molecular weight is 317 g/mol. The minimum absolute atomic E-state index is 0.0749. The number of thiocarbonyl (C=S) groups is 1. The van der Waals surface area contributed by atoms with E-state index in [4.69, 9.17) is 22.7 Å². The number of alkyl halides is 4. The molecule has 0 aliphatic rings. The Balaban J connectivity index is 2.38. The van der Waals surface area contributed by atoms with Crippen LogP contribution in [0.1, 0.15) is 5.56 Å². The van der Waals surface area contributed by atoms with Crippen molar-refractivity contribution in [1.82, 2.24) is 0 Å². The zero-order valence-electron chi connectivity index (χ0n) is 10.7. The molecule has 0 bridgehead atoms. The van der Waals surface area contributed by atoms with Crippen molar-refractivity contribution in [3.8, 4) is 5.75 Å². The number of ether oxygens (including phenoxy) is 1. The molecule has 2 aromatic carbocycles. The van der Waals surface area contributed by atoms with E-state index in [1.165, 1.54) is 12.1 Å². The van der Waals surface area contributed by atoms with E-state index in [0.29, 0.717) is 16.3 Å². The molecule has 0 spiro atoms. The maximum atomic E-state index is 12.9. The lowest BCUT2D eigenvalue weighted by atomic mass is 10.0. The van der Waals surface area contributed by atoms with Crippen LogP contribution in [0, 0.1) is 0 Å². The third kappa shape index (κ3) is 3.24. The summed E-state index contributed by atoms with van der Waals surface area (Å²) in [4.78, 5) is 0.149. The summed E-state index contributed by atoms with van der Waals surface area (Å²) in [6, 6.07) is 9.61. The van der Waals surface area contributed by atoms with Gasteiger partial charge in [-0.05, 0) is 17.5 Å².